The molecular formula is C10H16N2OS. The number of piperidine rings is 1. The molecule has 0 radical (unpaired) electrons. The largest absolute Gasteiger partial charge is 0.392 e. The van der Waals surface area contributed by atoms with E-state index in [1.807, 2.05) is 18.7 Å². The molecule has 1 heterocycles. The summed E-state index contributed by atoms with van der Waals surface area (Å²) in [5, 5.41) is 0. The van der Waals surface area contributed by atoms with Gasteiger partial charge in [-0.05, 0) is 32.1 Å². The van der Waals surface area contributed by atoms with Crippen molar-refractivity contribution in [1.29, 1.82) is 0 Å². The Balaban J connectivity index is 2.04. The lowest BCUT2D eigenvalue weighted by Crippen LogP contribution is -2.46. The zero-order valence-corrected chi connectivity index (χ0v) is 9.43. The maximum absolute atomic E-state index is 12.0. The molecule has 2 fully saturated rings. The Morgan fingerprint density at radius 3 is 2.36 bits per heavy atom. The minimum atomic E-state index is -0.674. The third kappa shape index (κ3) is 1.41. The Kier molecular flexibility index (Phi) is 2.07. The average molecular weight is 212 g/mol. The standard InChI is InChI=1S/C10H16N2OS/c1-10(2,8(11)14)9(13)12-4-6-3-7(6)5-12/h6-7H,3-5H2,1-2H3,(H2,11,14). The fourth-order valence-corrected chi connectivity index (χ4v) is 2.15. The van der Waals surface area contributed by atoms with E-state index in [9.17, 15) is 4.79 Å². The van der Waals surface area contributed by atoms with Crippen LogP contribution >= 0.6 is 12.2 Å². The van der Waals surface area contributed by atoms with Gasteiger partial charge in [0.05, 0.1) is 10.4 Å². The molecular weight excluding hydrogens is 196 g/mol. The molecule has 2 aliphatic rings. The highest BCUT2D eigenvalue weighted by atomic mass is 32.1. The number of likely N-dealkylation sites (tertiary alicyclic amines) is 1. The number of fused-ring (bicyclic) bond motifs is 1. The highest BCUT2D eigenvalue weighted by molar-refractivity contribution is 7.80. The first-order valence-corrected chi connectivity index (χ1v) is 5.43. The molecule has 14 heavy (non-hydrogen) atoms. The third-order valence-corrected chi connectivity index (χ3v) is 3.93. The van der Waals surface area contributed by atoms with Gasteiger partial charge in [-0.25, -0.2) is 0 Å². The van der Waals surface area contributed by atoms with E-state index in [1.54, 1.807) is 0 Å². The van der Waals surface area contributed by atoms with Gasteiger partial charge in [-0.1, -0.05) is 12.2 Å². The fourth-order valence-electron chi connectivity index (χ4n) is 2.06. The monoisotopic (exact) mass is 212 g/mol. The Morgan fingerprint density at radius 2 is 1.93 bits per heavy atom. The van der Waals surface area contributed by atoms with Crippen molar-refractivity contribution in [1.82, 2.24) is 4.90 Å². The predicted molar refractivity (Wildman–Crippen MR) is 58.7 cm³/mol. The molecule has 0 aromatic carbocycles. The molecule has 2 rings (SSSR count). The molecule has 0 aromatic heterocycles. The summed E-state index contributed by atoms with van der Waals surface area (Å²) in [6.45, 7) is 5.44. The number of rotatable bonds is 2. The van der Waals surface area contributed by atoms with Gasteiger partial charge in [-0.2, -0.15) is 0 Å². The van der Waals surface area contributed by atoms with Crippen molar-refractivity contribution in [3.8, 4) is 0 Å². The van der Waals surface area contributed by atoms with Gasteiger partial charge in [0, 0.05) is 13.1 Å². The molecule has 2 unspecified atom stereocenters. The van der Waals surface area contributed by atoms with Crippen LogP contribution in [0.2, 0.25) is 0 Å². The lowest BCUT2D eigenvalue weighted by molar-refractivity contribution is -0.136. The number of nitrogens with two attached hydrogens (primary N) is 1. The quantitative estimate of drug-likeness (QED) is 0.688. The molecule has 4 heteroatoms. The van der Waals surface area contributed by atoms with E-state index in [4.69, 9.17) is 18.0 Å². The van der Waals surface area contributed by atoms with Crippen molar-refractivity contribution in [2.45, 2.75) is 20.3 Å². The molecule has 2 atom stereocenters. The zero-order chi connectivity index (χ0) is 10.5. The van der Waals surface area contributed by atoms with Crippen molar-refractivity contribution in [2.75, 3.05) is 13.1 Å². The minimum absolute atomic E-state index is 0.0946. The Labute approximate surface area is 89.6 Å². The summed E-state index contributed by atoms with van der Waals surface area (Å²) in [5.41, 5.74) is 4.89. The van der Waals surface area contributed by atoms with Crippen LogP contribution in [-0.2, 0) is 4.79 Å². The van der Waals surface area contributed by atoms with Gasteiger partial charge in [0.1, 0.15) is 0 Å². The molecule has 2 N–H and O–H groups in total. The minimum Gasteiger partial charge on any atom is -0.392 e. The molecule has 3 nitrogen and oxygen atoms in total. The van der Waals surface area contributed by atoms with Gasteiger partial charge in [0.2, 0.25) is 5.91 Å². The van der Waals surface area contributed by atoms with Crippen LogP contribution in [-0.4, -0.2) is 28.9 Å². The summed E-state index contributed by atoms with van der Waals surface area (Å²) in [4.78, 5) is 14.2. The van der Waals surface area contributed by atoms with Gasteiger partial charge in [0.25, 0.3) is 0 Å². The molecule has 1 amide bonds. The third-order valence-electron chi connectivity index (χ3n) is 3.42. The number of hydrogen-bond acceptors (Lipinski definition) is 2. The first-order valence-electron chi connectivity index (χ1n) is 5.02. The van der Waals surface area contributed by atoms with E-state index < -0.39 is 5.41 Å². The Hall–Kier alpha value is -0.640. The zero-order valence-electron chi connectivity index (χ0n) is 8.62. The Bertz CT molecular complexity index is 290. The Morgan fingerprint density at radius 1 is 1.43 bits per heavy atom. The lowest BCUT2D eigenvalue weighted by Gasteiger charge is -2.29. The van der Waals surface area contributed by atoms with Crippen LogP contribution in [0.4, 0.5) is 0 Å². The first-order chi connectivity index (χ1) is 6.43. The van der Waals surface area contributed by atoms with Crippen LogP contribution in [0.3, 0.4) is 0 Å². The SMILES string of the molecule is CC(C)(C(=O)N1CC2CC2C1)C(N)=S. The number of carbonyl (C=O) groups excluding carboxylic acids is 1. The van der Waals surface area contributed by atoms with Crippen LogP contribution in [0.1, 0.15) is 20.3 Å². The van der Waals surface area contributed by atoms with E-state index in [-0.39, 0.29) is 5.91 Å². The number of thiocarbonyl (C=S) groups is 1. The molecule has 78 valence electrons. The van der Waals surface area contributed by atoms with Gasteiger partial charge in [0.15, 0.2) is 0 Å². The summed E-state index contributed by atoms with van der Waals surface area (Å²) in [6.07, 6.45) is 1.30. The van der Waals surface area contributed by atoms with Gasteiger partial charge in [-0.15, -0.1) is 0 Å². The molecule has 0 spiro atoms. The topological polar surface area (TPSA) is 46.3 Å². The van der Waals surface area contributed by atoms with E-state index in [0.29, 0.717) is 4.99 Å². The number of amides is 1. The maximum Gasteiger partial charge on any atom is 0.235 e. The fraction of sp³-hybridized carbons (Fsp3) is 0.800. The molecule has 0 aromatic rings. The van der Waals surface area contributed by atoms with Crippen molar-refractivity contribution >= 4 is 23.1 Å². The normalized spacial score (nSPS) is 30.0. The van der Waals surface area contributed by atoms with Crippen LogP contribution in [0, 0.1) is 17.3 Å². The highest BCUT2D eigenvalue weighted by Crippen LogP contribution is 2.45. The van der Waals surface area contributed by atoms with Gasteiger partial charge < -0.3 is 10.6 Å². The predicted octanol–water partition coefficient (Wildman–Crippen LogP) is 0.777. The van der Waals surface area contributed by atoms with Crippen molar-refractivity contribution in [3.05, 3.63) is 0 Å². The van der Waals surface area contributed by atoms with Crippen molar-refractivity contribution < 1.29 is 4.79 Å². The van der Waals surface area contributed by atoms with E-state index in [0.717, 1.165) is 24.9 Å². The molecule has 1 saturated carbocycles. The second kappa shape index (κ2) is 2.92. The molecule has 0 bridgehead atoms. The van der Waals surface area contributed by atoms with Crippen LogP contribution in [0.25, 0.3) is 0 Å². The summed E-state index contributed by atoms with van der Waals surface area (Å²) < 4.78 is 0. The summed E-state index contributed by atoms with van der Waals surface area (Å²) in [6, 6.07) is 0. The highest BCUT2D eigenvalue weighted by Gasteiger charge is 2.49. The maximum atomic E-state index is 12.0. The average Bonchev–Trinajstić information content (AvgIpc) is 2.72. The van der Waals surface area contributed by atoms with Crippen molar-refractivity contribution in [3.63, 3.8) is 0 Å². The van der Waals surface area contributed by atoms with Crippen LogP contribution in [0.15, 0.2) is 0 Å². The number of hydrogen-bond donors (Lipinski definition) is 1. The summed E-state index contributed by atoms with van der Waals surface area (Å²) >= 11 is 4.91. The van der Waals surface area contributed by atoms with E-state index in [2.05, 4.69) is 0 Å². The molecule has 1 aliphatic carbocycles. The summed E-state index contributed by atoms with van der Waals surface area (Å²) in [7, 11) is 0. The van der Waals surface area contributed by atoms with E-state index >= 15 is 0 Å². The first kappa shape index (κ1) is 9.90. The number of nitrogens with zero attached hydrogens (tertiary/aromatic N) is 1. The van der Waals surface area contributed by atoms with Crippen molar-refractivity contribution in [2.24, 2.45) is 23.0 Å². The molecule has 1 saturated heterocycles. The summed E-state index contributed by atoms with van der Waals surface area (Å²) in [5.74, 6) is 1.62. The van der Waals surface area contributed by atoms with Crippen LogP contribution in [0.5, 0.6) is 0 Å². The van der Waals surface area contributed by atoms with Crippen LogP contribution < -0.4 is 5.73 Å². The smallest absolute Gasteiger partial charge is 0.235 e. The lowest BCUT2D eigenvalue weighted by atomic mass is 9.91. The second-order valence-electron chi connectivity index (χ2n) is 4.96. The second-order valence-corrected chi connectivity index (χ2v) is 5.40. The number of carbonyl (C=O) groups is 1. The van der Waals surface area contributed by atoms with Gasteiger partial charge in [-0.3, -0.25) is 4.79 Å². The van der Waals surface area contributed by atoms with E-state index in [1.165, 1.54) is 6.42 Å². The van der Waals surface area contributed by atoms with Gasteiger partial charge >= 0.3 is 0 Å². The molecule has 1 aliphatic heterocycles.